The largest absolute Gasteiger partial charge is 0.550 e. The Balaban J connectivity index is 2.22. The van der Waals surface area contributed by atoms with Crippen molar-refractivity contribution >= 4 is 5.97 Å². The van der Waals surface area contributed by atoms with Gasteiger partial charge in [0.2, 0.25) is 0 Å². The lowest BCUT2D eigenvalue weighted by atomic mass is 10.1. The number of nitriles is 1. The van der Waals surface area contributed by atoms with Gasteiger partial charge in [-0.05, 0) is 17.7 Å². The molecule has 96 valence electrons. The molecular weight excluding hydrogens is 249 g/mol. The van der Waals surface area contributed by atoms with E-state index in [1.54, 1.807) is 16.7 Å². The standard InChI is InChI=1S/C13H10FN3O2/c14-12-3-9(1-2-10(12)5-15)7-17-8-16-6-11(17)4-13(18)19/h1-3,6,8H,4,7H2,(H,18,19)/p-1. The van der Waals surface area contributed by atoms with Gasteiger partial charge in [-0.15, -0.1) is 0 Å². The quantitative estimate of drug-likeness (QED) is 0.786. The Morgan fingerprint density at radius 2 is 2.32 bits per heavy atom. The molecule has 0 saturated heterocycles. The molecule has 1 aromatic heterocycles. The number of carbonyl (C=O) groups excluding carboxylic acids is 1. The summed E-state index contributed by atoms with van der Waals surface area (Å²) in [5.41, 5.74) is 1.07. The van der Waals surface area contributed by atoms with Gasteiger partial charge in [0.1, 0.15) is 11.9 Å². The summed E-state index contributed by atoms with van der Waals surface area (Å²) in [6, 6.07) is 5.99. The molecule has 0 aliphatic rings. The lowest BCUT2D eigenvalue weighted by Crippen LogP contribution is -2.25. The van der Waals surface area contributed by atoms with Crippen molar-refractivity contribution in [3.05, 3.63) is 53.4 Å². The van der Waals surface area contributed by atoms with Crippen LogP contribution in [0.15, 0.2) is 30.7 Å². The smallest absolute Gasteiger partial charge is 0.141 e. The number of hydrogen-bond acceptors (Lipinski definition) is 4. The van der Waals surface area contributed by atoms with Gasteiger partial charge in [-0.3, -0.25) is 0 Å². The van der Waals surface area contributed by atoms with Gasteiger partial charge in [-0.25, -0.2) is 9.37 Å². The summed E-state index contributed by atoms with van der Waals surface area (Å²) >= 11 is 0. The first kappa shape index (κ1) is 12.8. The zero-order valence-electron chi connectivity index (χ0n) is 9.84. The number of hydrogen-bond donors (Lipinski definition) is 0. The molecule has 0 bridgehead atoms. The zero-order chi connectivity index (χ0) is 13.8. The van der Waals surface area contributed by atoms with Crippen molar-refractivity contribution in [1.29, 1.82) is 5.26 Å². The highest BCUT2D eigenvalue weighted by molar-refractivity contribution is 5.67. The Morgan fingerprint density at radius 3 is 2.95 bits per heavy atom. The minimum Gasteiger partial charge on any atom is -0.550 e. The molecule has 0 aliphatic heterocycles. The highest BCUT2D eigenvalue weighted by atomic mass is 19.1. The molecule has 0 N–H and O–H groups in total. The molecule has 0 radical (unpaired) electrons. The molecule has 0 spiro atoms. The summed E-state index contributed by atoms with van der Waals surface area (Å²) < 4.78 is 15.0. The molecule has 19 heavy (non-hydrogen) atoms. The van der Waals surface area contributed by atoms with Crippen LogP contribution < -0.4 is 5.11 Å². The van der Waals surface area contributed by atoms with E-state index in [9.17, 15) is 14.3 Å². The number of carboxylic acid groups (broad SMARTS) is 1. The van der Waals surface area contributed by atoms with E-state index in [0.29, 0.717) is 11.3 Å². The first-order valence-electron chi connectivity index (χ1n) is 5.47. The number of aromatic nitrogens is 2. The highest BCUT2D eigenvalue weighted by Crippen LogP contribution is 2.12. The molecule has 1 aromatic carbocycles. The van der Waals surface area contributed by atoms with Crippen molar-refractivity contribution in [1.82, 2.24) is 9.55 Å². The molecule has 6 heteroatoms. The van der Waals surface area contributed by atoms with Crippen LogP contribution in [0.25, 0.3) is 0 Å². The van der Waals surface area contributed by atoms with Crippen molar-refractivity contribution in [2.75, 3.05) is 0 Å². The third-order valence-electron chi connectivity index (χ3n) is 2.63. The van der Waals surface area contributed by atoms with Crippen LogP contribution in [0.2, 0.25) is 0 Å². The van der Waals surface area contributed by atoms with E-state index in [2.05, 4.69) is 4.98 Å². The summed E-state index contributed by atoms with van der Waals surface area (Å²) in [6.07, 6.45) is 2.64. The normalized spacial score (nSPS) is 10.1. The van der Waals surface area contributed by atoms with E-state index in [0.717, 1.165) is 0 Å². The molecule has 0 amide bonds. The van der Waals surface area contributed by atoms with Gasteiger partial charge in [-0.2, -0.15) is 5.26 Å². The van der Waals surface area contributed by atoms with Crippen molar-refractivity contribution in [3.8, 4) is 6.07 Å². The Kier molecular flexibility index (Phi) is 3.57. The molecule has 1 heterocycles. The van der Waals surface area contributed by atoms with E-state index in [4.69, 9.17) is 5.26 Å². The van der Waals surface area contributed by atoms with E-state index >= 15 is 0 Å². The average molecular weight is 258 g/mol. The molecule has 5 nitrogen and oxygen atoms in total. The SMILES string of the molecule is N#Cc1ccc(Cn2cncc2CC(=O)[O-])cc1F. The minimum absolute atomic E-state index is 0.0238. The molecule has 2 aromatic rings. The number of halogens is 1. The molecule has 0 saturated carbocycles. The van der Waals surface area contributed by atoms with Crippen molar-refractivity contribution in [3.63, 3.8) is 0 Å². The van der Waals surface area contributed by atoms with Gasteiger partial charge < -0.3 is 14.5 Å². The number of rotatable bonds is 4. The second-order valence-corrected chi connectivity index (χ2v) is 3.99. The van der Waals surface area contributed by atoms with Crippen molar-refractivity contribution < 1.29 is 14.3 Å². The van der Waals surface area contributed by atoms with Crippen LogP contribution >= 0.6 is 0 Å². The number of imidazole rings is 1. The number of aliphatic carboxylic acids is 1. The second-order valence-electron chi connectivity index (χ2n) is 3.99. The number of carboxylic acids is 1. The number of nitrogens with zero attached hydrogens (tertiary/aromatic N) is 3. The summed E-state index contributed by atoms with van der Waals surface area (Å²) in [7, 11) is 0. The van der Waals surface area contributed by atoms with Gasteiger partial charge in [-0.1, -0.05) is 6.07 Å². The zero-order valence-corrected chi connectivity index (χ0v) is 9.84. The molecule has 2 rings (SSSR count). The Hall–Kier alpha value is -2.68. The summed E-state index contributed by atoms with van der Waals surface area (Å²) in [4.78, 5) is 14.4. The fourth-order valence-corrected chi connectivity index (χ4v) is 1.73. The third kappa shape index (κ3) is 2.96. The lowest BCUT2D eigenvalue weighted by Gasteiger charge is -2.09. The van der Waals surface area contributed by atoms with Gasteiger partial charge in [0.25, 0.3) is 0 Å². The van der Waals surface area contributed by atoms with Gasteiger partial charge in [0.15, 0.2) is 0 Å². The first-order chi connectivity index (χ1) is 9.10. The van der Waals surface area contributed by atoms with Crippen LogP contribution in [0.1, 0.15) is 16.8 Å². The maximum atomic E-state index is 13.4. The van der Waals surface area contributed by atoms with Crippen molar-refractivity contribution in [2.24, 2.45) is 0 Å². The van der Waals surface area contributed by atoms with Crippen LogP contribution in [0, 0.1) is 17.1 Å². The van der Waals surface area contributed by atoms with E-state index in [-0.39, 0.29) is 18.5 Å². The monoisotopic (exact) mass is 258 g/mol. The van der Waals surface area contributed by atoms with E-state index < -0.39 is 11.8 Å². The molecule has 0 atom stereocenters. The fourth-order valence-electron chi connectivity index (χ4n) is 1.73. The van der Waals surface area contributed by atoms with Gasteiger partial charge >= 0.3 is 0 Å². The van der Waals surface area contributed by atoms with E-state index in [1.165, 1.54) is 24.7 Å². The maximum absolute atomic E-state index is 13.4. The average Bonchev–Trinajstić information content (AvgIpc) is 2.76. The van der Waals surface area contributed by atoms with Crippen molar-refractivity contribution in [2.45, 2.75) is 13.0 Å². The van der Waals surface area contributed by atoms with Crippen LogP contribution in [0.3, 0.4) is 0 Å². The van der Waals surface area contributed by atoms with Crippen LogP contribution in [-0.2, 0) is 17.8 Å². The highest BCUT2D eigenvalue weighted by Gasteiger charge is 2.06. The van der Waals surface area contributed by atoms with Crippen LogP contribution in [-0.4, -0.2) is 15.5 Å². The molecule has 0 unspecified atom stereocenters. The first-order valence-corrected chi connectivity index (χ1v) is 5.47. The number of carbonyl (C=O) groups is 1. The predicted molar refractivity (Wildman–Crippen MR) is 61.2 cm³/mol. The van der Waals surface area contributed by atoms with Gasteiger partial charge in [0.05, 0.1) is 11.9 Å². The van der Waals surface area contributed by atoms with Crippen LogP contribution in [0.4, 0.5) is 4.39 Å². The molecule has 0 fully saturated rings. The molecular formula is C13H9FN3O2-. The maximum Gasteiger partial charge on any atom is 0.141 e. The summed E-state index contributed by atoms with van der Waals surface area (Å²) in [5, 5.41) is 19.2. The van der Waals surface area contributed by atoms with E-state index in [1.807, 2.05) is 0 Å². The summed E-state index contributed by atoms with van der Waals surface area (Å²) in [6.45, 7) is 0.283. The minimum atomic E-state index is -1.20. The Labute approximate surface area is 108 Å². The lowest BCUT2D eigenvalue weighted by molar-refractivity contribution is -0.304. The van der Waals surface area contributed by atoms with Crippen LogP contribution in [0.5, 0.6) is 0 Å². The second kappa shape index (κ2) is 5.31. The Bertz CT molecular complexity index is 658. The topological polar surface area (TPSA) is 81.7 Å². The van der Waals surface area contributed by atoms with Gasteiger partial charge in [0, 0.05) is 30.8 Å². The number of benzene rings is 1. The fraction of sp³-hybridized carbons (Fsp3) is 0.154. The predicted octanol–water partition coefficient (Wildman–Crippen LogP) is 0.235. The Morgan fingerprint density at radius 1 is 1.53 bits per heavy atom. The molecule has 0 aliphatic carbocycles. The summed E-state index contributed by atoms with van der Waals surface area (Å²) in [5.74, 6) is -1.80. The third-order valence-corrected chi connectivity index (χ3v) is 2.63.